The highest BCUT2D eigenvalue weighted by Gasteiger charge is 2.09. The number of hydrogen-bond donors (Lipinski definition) is 2. The topological polar surface area (TPSA) is 55.1 Å². The molecule has 0 aliphatic heterocycles. The van der Waals surface area contributed by atoms with E-state index in [1.54, 1.807) is 0 Å². The molecule has 15 heavy (non-hydrogen) atoms. The van der Waals surface area contributed by atoms with Gasteiger partial charge in [0.05, 0.1) is 0 Å². The fourth-order valence-electron chi connectivity index (χ4n) is 1.35. The van der Waals surface area contributed by atoms with Crippen LogP contribution in [0.1, 0.15) is 28.4 Å². The molecule has 1 atom stereocenters. The lowest BCUT2D eigenvalue weighted by molar-refractivity contribution is 0.0951. The smallest absolute Gasteiger partial charge is 0.251 e. The van der Waals surface area contributed by atoms with Crippen LogP contribution in [0.25, 0.3) is 0 Å². The summed E-state index contributed by atoms with van der Waals surface area (Å²) < 4.78 is 0. The Labute approximate surface area is 90.7 Å². The number of carbonyl (C=O) groups excluding carboxylic acids is 1. The van der Waals surface area contributed by atoms with Gasteiger partial charge >= 0.3 is 0 Å². The molecule has 0 fully saturated rings. The zero-order valence-corrected chi connectivity index (χ0v) is 9.50. The van der Waals surface area contributed by atoms with Gasteiger partial charge in [-0.2, -0.15) is 0 Å². The summed E-state index contributed by atoms with van der Waals surface area (Å²) in [6.45, 7) is 6.32. The summed E-state index contributed by atoms with van der Waals surface area (Å²) >= 11 is 0. The second kappa shape index (κ2) is 4.94. The van der Waals surface area contributed by atoms with Crippen LogP contribution in [0.5, 0.6) is 0 Å². The summed E-state index contributed by atoms with van der Waals surface area (Å²) in [4.78, 5) is 11.8. The molecular weight excluding hydrogens is 188 g/mol. The SMILES string of the molecule is Cc1cccc(C(=O)NCC(C)N)c1C. The Morgan fingerprint density at radius 1 is 1.47 bits per heavy atom. The van der Waals surface area contributed by atoms with Crippen LogP contribution in [-0.2, 0) is 0 Å². The minimum Gasteiger partial charge on any atom is -0.350 e. The Morgan fingerprint density at radius 3 is 2.73 bits per heavy atom. The van der Waals surface area contributed by atoms with Crippen molar-refractivity contribution in [3.63, 3.8) is 0 Å². The summed E-state index contributed by atoms with van der Waals surface area (Å²) in [5, 5.41) is 2.80. The van der Waals surface area contributed by atoms with Crippen LogP contribution in [0.4, 0.5) is 0 Å². The van der Waals surface area contributed by atoms with Crippen molar-refractivity contribution >= 4 is 5.91 Å². The van der Waals surface area contributed by atoms with Crippen molar-refractivity contribution < 1.29 is 4.79 Å². The summed E-state index contributed by atoms with van der Waals surface area (Å²) in [5.74, 6) is -0.0477. The van der Waals surface area contributed by atoms with E-state index in [1.165, 1.54) is 0 Å². The van der Waals surface area contributed by atoms with E-state index in [9.17, 15) is 4.79 Å². The minimum absolute atomic E-state index is 0.0148. The maximum absolute atomic E-state index is 11.8. The first-order chi connectivity index (χ1) is 7.02. The number of benzene rings is 1. The number of rotatable bonds is 3. The van der Waals surface area contributed by atoms with E-state index in [4.69, 9.17) is 5.73 Å². The summed E-state index contributed by atoms with van der Waals surface area (Å²) in [7, 11) is 0. The van der Waals surface area contributed by atoms with Crippen molar-refractivity contribution in [3.8, 4) is 0 Å². The van der Waals surface area contributed by atoms with Gasteiger partial charge in [0.2, 0.25) is 0 Å². The maximum Gasteiger partial charge on any atom is 0.251 e. The maximum atomic E-state index is 11.8. The van der Waals surface area contributed by atoms with E-state index >= 15 is 0 Å². The monoisotopic (exact) mass is 206 g/mol. The van der Waals surface area contributed by atoms with E-state index in [0.29, 0.717) is 6.54 Å². The van der Waals surface area contributed by atoms with E-state index in [0.717, 1.165) is 16.7 Å². The molecule has 1 unspecified atom stereocenters. The van der Waals surface area contributed by atoms with Gasteiger partial charge in [-0.15, -0.1) is 0 Å². The van der Waals surface area contributed by atoms with Crippen LogP contribution < -0.4 is 11.1 Å². The number of nitrogens with two attached hydrogens (primary N) is 1. The lowest BCUT2D eigenvalue weighted by Crippen LogP contribution is -2.35. The number of carbonyl (C=O) groups is 1. The van der Waals surface area contributed by atoms with Crippen molar-refractivity contribution in [2.45, 2.75) is 26.8 Å². The third-order valence-corrected chi connectivity index (χ3v) is 2.43. The fourth-order valence-corrected chi connectivity index (χ4v) is 1.35. The molecule has 0 spiro atoms. The molecule has 1 aromatic rings. The predicted molar refractivity (Wildman–Crippen MR) is 61.9 cm³/mol. The van der Waals surface area contributed by atoms with Crippen LogP contribution in [0.15, 0.2) is 18.2 Å². The van der Waals surface area contributed by atoms with Gasteiger partial charge in [0.15, 0.2) is 0 Å². The molecule has 82 valence electrons. The third-order valence-electron chi connectivity index (χ3n) is 2.43. The largest absolute Gasteiger partial charge is 0.350 e. The number of aryl methyl sites for hydroxylation is 1. The summed E-state index contributed by atoms with van der Waals surface area (Å²) in [6.07, 6.45) is 0. The van der Waals surface area contributed by atoms with Gasteiger partial charge in [0.1, 0.15) is 0 Å². The molecular formula is C12H18N2O. The standard InChI is InChI=1S/C12H18N2O/c1-8-5-4-6-11(10(8)3)12(15)14-7-9(2)13/h4-6,9H,7,13H2,1-3H3,(H,14,15). The molecule has 3 nitrogen and oxygen atoms in total. The second-order valence-corrected chi connectivity index (χ2v) is 3.93. The van der Waals surface area contributed by atoms with E-state index < -0.39 is 0 Å². The first kappa shape index (κ1) is 11.7. The fraction of sp³-hybridized carbons (Fsp3) is 0.417. The zero-order valence-electron chi connectivity index (χ0n) is 9.50. The zero-order chi connectivity index (χ0) is 11.4. The molecule has 1 rings (SSSR count). The highest BCUT2D eigenvalue weighted by Crippen LogP contribution is 2.12. The first-order valence-corrected chi connectivity index (χ1v) is 5.12. The molecule has 1 amide bonds. The summed E-state index contributed by atoms with van der Waals surface area (Å²) in [5.41, 5.74) is 8.46. The Bertz CT molecular complexity index is 359. The Kier molecular flexibility index (Phi) is 3.86. The van der Waals surface area contributed by atoms with Crippen LogP contribution in [0.3, 0.4) is 0 Å². The van der Waals surface area contributed by atoms with E-state index in [1.807, 2.05) is 39.0 Å². The molecule has 1 aromatic carbocycles. The lowest BCUT2D eigenvalue weighted by atomic mass is 10.0. The molecule has 0 heterocycles. The van der Waals surface area contributed by atoms with Gasteiger partial charge in [0, 0.05) is 18.2 Å². The first-order valence-electron chi connectivity index (χ1n) is 5.12. The van der Waals surface area contributed by atoms with Gasteiger partial charge in [-0.25, -0.2) is 0 Å². The van der Waals surface area contributed by atoms with Crippen molar-refractivity contribution in [3.05, 3.63) is 34.9 Å². The van der Waals surface area contributed by atoms with Crippen LogP contribution in [-0.4, -0.2) is 18.5 Å². The highest BCUT2D eigenvalue weighted by molar-refractivity contribution is 5.95. The van der Waals surface area contributed by atoms with Gasteiger partial charge in [0.25, 0.3) is 5.91 Å². The number of nitrogens with one attached hydrogen (secondary N) is 1. The van der Waals surface area contributed by atoms with E-state index in [-0.39, 0.29) is 11.9 Å². The number of amides is 1. The van der Waals surface area contributed by atoms with Gasteiger partial charge in [-0.05, 0) is 38.0 Å². The highest BCUT2D eigenvalue weighted by atomic mass is 16.1. The molecule has 0 aliphatic rings. The molecule has 0 saturated heterocycles. The molecule has 3 heteroatoms. The quantitative estimate of drug-likeness (QED) is 0.785. The van der Waals surface area contributed by atoms with Crippen molar-refractivity contribution in [1.82, 2.24) is 5.32 Å². The van der Waals surface area contributed by atoms with Crippen molar-refractivity contribution in [2.24, 2.45) is 5.73 Å². The number of hydrogen-bond acceptors (Lipinski definition) is 2. The third kappa shape index (κ3) is 3.06. The molecule has 3 N–H and O–H groups in total. The van der Waals surface area contributed by atoms with Crippen molar-refractivity contribution in [1.29, 1.82) is 0 Å². The van der Waals surface area contributed by atoms with Crippen molar-refractivity contribution in [2.75, 3.05) is 6.54 Å². The Morgan fingerprint density at radius 2 is 2.13 bits per heavy atom. The van der Waals surface area contributed by atoms with Gasteiger partial charge in [-0.3, -0.25) is 4.79 Å². The Balaban J connectivity index is 2.78. The van der Waals surface area contributed by atoms with Crippen LogP contribution in [0.2, 0.25) is 0 Å². The van der Waals surface area contributed by atoms with E-state index in [2.05, 4.69) is 5.32 Å². The predicted octanol–water partition coefficient (Wildman–Crippen LogP) is 1.38. The normalized spacial score (nSPS) is 12.3. The van der Waals surface area contributed by atoms with Gasteiger partial charge in [-0.1, -0.05) is 12.1 Å². The Hall–Kier alpha value is -1.35. The molecule has 0 saturated carbocycles. The lowest BCUT2D eigenvalue weighted by Gasteiger charge is -2.10. The van der Waals surface area contributed by atoms with Crippen LogP contribution in [0, 0.1) is 13.8 Å². The molecule has 0 bridgehead atoms. The minimum atomic E-state index is -0.0477. The molecule has 0 aromatic heterocycles. The van der Waals surface area contributed by atoms with Gasteiger partial charge < -0.3 is 11.1 Å². The average molecular weight is 206 g/mol. The molecule has 0 aliphatic carbocycles. The second-order valence-electron chi connectivity index (χ2n) is 3.93. The molecule has 0 radical (unpaired) electrons. The summed E-state index contributed by atoms with van der Waals surface area (Å²) in [6, 6.07) is 5.71. The van der Waals surface area contributed by atoms with Crippen LogP contribution >= 0.6 is 0 Å². The average Bonchev–Trinajstić information content (AvgIpc) is 2.18.